The van der Waals surface area contributed by atoms with Gasteiger partial charge in [-0.15, -0.1) is 0 Å². The van der Waals surface area contributed by atoms with Gasteiger partial charge in [0.05, 0.1) is 6.20 Å². The highest BCUT2D eigenvalue weighted by Gasteiger charge is 2.17. The first kappa shape index (κ1) is 12.4. The molecule has 1 aliphatic rings. The number of benzene rings is 1. The Morgan fingerprint density at radius 3 is 2.89 bits per heavy atom. The molecule has 3 heteroatoms. The molecule has 3 rings (SSSR count). The van der Waals surface area contributed by atoms with Crippen LogP contribution < -0.4 is 0 Å². The van der Waals surface area contributed by atoms with E-state index >= 15 is 0 Å². The van der Waals surface area contributed by atoms with E-state index < -0.39 is 0 Å². The standard InChI is InChI=1S/C16H20N2O/c1-12-6-7-15(13(2)9-12)14-10-17-18(11-14)16-5-3-4-8-19-16/h6-7,9-11,16H,3-5,8H2,1-2H3/t16-/m0/s1. The van der Waals surface area contributed by atoms with Crippen molar-refractivity contribution in [3.63, 3.8) is 0 Å². The van der Waals surface area contributed by atoms with Gasteiger partial charge >= 0.3 is 0 Å². The summed E-state index contributed by atoms with van der Waals surface area (Å²) in [6.07, 6.45) is 7.62. The molecule has 2 aromatic rings. The third-order valence-electron chi connectivity index (χ3n) is 3.75. The van der Waals surface area contributed by atoms with Gasteiger partial charge in [-0.3, -0.25) is 0 Å². The Labute approximate surface area is 114 Å². The lowest BCUT2D eigenvalue weighted by Crippen LogP contribution is -2.18. The van der Waals surface area contributed by atoms with Crippen molar-refractivity contribution in [1.29, 1.82) is 0 Å². The van der Waals surface area contributed by atoms with Crippen molar-refractivity contribution in [3.05, 3.63) is 41.7 Å². The molecule has 0 unspecified atom stereocenters. The number of ether oxygens (including phenoxy) is 1. The highest BCUT2D eigenvalue weighted by atomic mass is 16.5. The van der Waals surface area contributed by atoms with Gasteiger partial charge in [-0.25, -0.2) is 4.68 Å². The molecule has 19 heavy (non-hydrogen) atoms. The smallest absolute Gasteiger partial charge is 0.150 e. The van der Waals surface area contributed by atoms with Crippen molar-refractivity contribution in [2.24, 2.45) is 0 Å². The molecule has 1 saturated heterocycles. The zero-order chi connectivity index (χ0) is 13.2. The van der Waals surface area contributed by atoms with Crippen LogP contribution in [0.1, 0.15) is 36.6 Å². The Morgan fingerprint density at radius 2 is 2.16 bits per heavy atom. The SMILES string of the molecule is Cc1ccc(-c2cnn([C@@H]3CCCCO3)c2)c(C)c1. The minimum atomic E-state index is 0.119. The van der Waals surface area contributed by atoms with Gasteiger partial charge in [0, 0.05) is 18.4 Å². The summed E-state index contributed by atoms with van der Waals surface area (Å²) in [7, 11) is 0. The molecule has 3 nitrogen and oxygen atoms in total. The number of aromatic nitrogens is 2. The summed E-state index contributed by atoms with van der Waals surface area (Å²) in [6.45, 7) is 5.12. The number of rotatable bonds is 2. The van der Waals surface area contributed by atoms with Gasteiger partial charge in [-0.1, -0.05) is 23.8 Å². The average Bonchev–Trinajstić information content (AvgIpc) is 2.89. The number of hydrogen-bond donors (Lipinski definition) is 0. The lowest BCUT2D eigenvalue weighted by molar-refractivity contribution is -0.0394. The van der Waals surface area contributed by atoms with Crippen molar-refractivity contribution >= 4 is 0 Å². The molecule has 100 valence electrons. The molecule has 1 fully saturated rings. The monoisotopic (exact) mass is 256 g/mol. The average molecular weight is 256 g/mol. The third-order valence-corrected chi connectivity index (χ3v) is 3.75. The summed E-state index contributed by atoms with van der Waals surface area (Å²) in [5.74, 6) is 0. The Morgan fingerprint density at radius 1 is 1.26 bits per heavy atom. The molecule has 0 aliphatic carbocycles. The van der Waals surface area contributed by atoms with Crippen LogP contribution in [-0.2, 0) is 4.74 Å². The van der Waals surface area contributed by atoms with Crippen molar-refractivity contribution in [2.45, 2.75) is 39.3 Å². The quantitative estimate of drug-likeness (QED) is 0.815. The summed E-state index contributed by atoms with van der Waals surface area (Å²) in [4.78, 5) is 0. The first-order valence-corrected chi connectivity index (χ1v) is 6.97. The first-order chi connectivity index (χ1) is 9.24. The number of nitrogens with zero attached hydrogens (tertiary/aromatic N) is 2. The predicted molar refractivity (Wildman–Crippen MR) is 76.0 cm³/mol. The summed E-state index contributed by atoms with van der Waals surface area (Å²) in [6, 6.07) is 6.54. The van der Waals surface area contributed by atoms with Gasteiger partial charge in [0.15, 0.2) is 0 Å². The molecule has 1 aromatic carbocycles. The van der Waals surface area contributed by atoms with Crippen LogP contribution in [0.5, 0.6) is 0 Å². The van der Waals surface area contributed by atoms with Crippen molar-refractivity contribution in [1.82, 2.24) is 9.78 Å². The first-order valence-electron chi connectivity index (χ1n) is 6.97. The fourth-order valence-electron chi connectivity index (χ4n) is 2.70. The lowest BCUT2D eigenvalue weighted by Gasteiger charge is -2.22. The van der Waals surface area contributed by atoms with Crippen molar-refractivity contribution in [2.75, 3.05) is 6.61 Å². The highest BCUT2D eigenvalue weighted by molar-refractivity contribution is 5.66. The molecule has 1 aromatic heterocycles. The third kappa shape index (κ3) is 2.56. The number of hydrogen-bond acceptors (Lipinski definition) is 2. The van der Waals surface area contributed by atoms with Crippen LogP contribution in [0.25, 0.3) is 11.1 Å². The van der Waals surface area contributed by atoms with E-state index in [0.717, 1.165) is 13.0 Å². The maximum atomic E-state index is 5.76. The van der Waals surface area contributed by atoms with E-state index in [1.54, 1.807) is 0 Å². The van der Waals surface area contributed by atoms with E-state index in [9.17, 15) is 0 Å². The van der Waals surface area contributed by atoms with Crippen LogP contribution >= 0.6 is 0 Å². The molecule has 1 aliphatic heterocycles. The summed E-state index contributed by atoms with van der Waals surface area (Å²) < 4.78 is 7.73. The van der Waals surface area contributed by atoms with Crippen LogP contribution in [0.2, 0.25) is 0 Å². The molecule has 1 atom stereocenters. The van der Waals surface area contributed by atoms with Gasteiger partial charge in [0.25, 0.3) is 0 Å². The fourth-order valence-corrected chi connectivity index (χ4v) is 2.70. The molecule has 0 bridgehead atoms. The van der Waals surface area contributed by atoms with E-state index in [2.05, 4.69) is 43.3 Å². The van der Waals surface area contributed by atoms with Crippen molar-refractivity contribution < 1.29 is 4.74 Å². The molecule has 0 spiro atoms. The van der Waals surface area contributed by atoms with E-state index in [4.69, 9.17) is 4.74 Å². The molecule has 0 amide bonds. The maximum Gasteiger partial charge on any atom is 0.150 e. The normalized spacial score (nSPS) is 19.6. The summed E-state index contributed by atoms with van der Waals surface area (Å²) >= 11 is 0. The minimum Gasteiger partial charge on any atom is -0.357 e. The second-order valence-corrected chi connectivity index (χ2v) is 5.35. The maximum absolute atomic E-state index is 5.76. The molecule has 2 heterocycles. The van der Waals surface area contributed by atoms with Gasteiger partial charge in [-0.05, 0) is 44.2 Å². The van der Waals surface area contributed by atoms with Crippen LogP contribution in [0.4, 0.5) is 0 Å². The Kier molecular flexibility index (Phi) is 3.38. The lowest BCUT2D eigenvalue weighted by atomic mass is 10.0. The Bertz CT molecular complexity index is 568. The second-order valence-electron chi connectivity index (χ2n) is 5.35. The highest BCUT2D eigenvalue weighted by Crippen LogP contribution is 2.27. The molecular weight excluding hydrogens is 236 g/mol. The number of aryl methyl sites for hydroxylation is 2. The summed E-state index contributed by atoms with van der Waals surface area (Å²) in [5.41, 5.74) is 5.02. The van der Waals surface area contributed by atoms with Crippen LogP contribution in [0, 0.1) is 13.8 Å². The van der Waals surface area contributed by atoms with E-state index in [-0.39, 0.29) is 6.23 Å². The fraction of sp³-hybridized carbons (Fsp3) is 0.438. The van der Waals surface area contributed by atoms with Gasteiger partial charge < -0.3 is 4.74 Å². The van der Waals surface area contributed by atoms with Crippen LogP contribution in [0.15, 0.2) is 30.6 Å². The summed E-state index contributed by atoms with van der Waals surface area (Å²) in [5, 5.41) is 4.47. The van der Waals surface area contributed by atoms with Crippen molar-refractivity contribution in [3.8, 4) is 11.1 Å². The predicted octanol–water partition coefficient (Wildman–Crippen LogP) is 3.87. The topological polar surface area (TPSA) is 27.1 Å². The Balaban J connectivity index is 1.87. The van der Waals surface area contributed by atoms with Crippen LogP contribution in [0.3, 0.4) is 0 Å². The van der Waals surface area contributed by atoms with Crippen LogP contribution in [-0.4, -0.2) is 16.4 Å². The molecular formula is C16H20N2O. The minimum absolute atomic E-state index is 0.119. The molecule has 0 saturated carbocycles. The van der Waals surface area contributed by atoms with E-state index in [1.165, 1.54) is 35.1 Å². The van der Waals surface area contributed by atoms with E-state index in [0.29, 0.717) is 0 Å². The zero-order valence-corrected chi connectivity index (χ0v) is 11.6. The second kappa shape index (κ2) is 5.17. The van der Waals surface area contributed by atoms with Gasteiger partial charge in [-0.2, -0.15) is 5.10 Å². The van der Waals surface area contributed by atoms with Gasteiger partial charge in [0.2, 0.25) is 0 Å². The van der Waals surface area contributed by atoms with E-state index in [1.807, 2.05) is 10.9 Å². The largest absolute Gasteiger partial charge is 0.357 e. The van der Waals surface area contributed by atoms with Gasteiger partial charge in [0.1, 0.15) is 6.23 Å². The molecule has 0 radical (unpaired) electrons. The molecule has 0 N–H and O–H groups in total. The Hall–Kier alpha value is -1.61. The zero-order valence-electron chi connectivity index (χ0n) is 11.6.